The summed E-state index contributed by atoms with van der Waals surface area (Å²) in [5.74, 6) is -2.47. The highest BCUT2D eigenvalue weighted by atomic mass is 19.4. The highest BCUT2D eigenvalue weighted by Crippen LogP contribution is 2.33. The number of benzene rings is 1. The molecule has 0 spiro atoms. The van der Waals surface area contributed by atoms with Crippen LogP contribution in [-0.2, 0) is 11.0 Å². The highest BCUT2D eigenvalue weighted by molar-refractivity contribution is 5.66. The molecule has 7 heteroatoms. The molecular weight excluding hydrogens is 254 g/mol. The molecule has 0 aromatic heterocycles. The van der Waals surface area contributed by atoms with Crippen LogP contribution in [0.4, 0.5) is 17.6 Å². The van der Waals surface area contributed by atoms with Gasteiger partial charge in [-0.25, -0.2) is 4.39 Å². The van der Waals surface area contributed by atoms with Crippen molar-refractivity contribution in [3.05, 3.63) is 35.1 Å². The highest BCUT2D eigenvalue weighted by Gasteiger charge is 2.34. The first-order valence-electron chi connectivity index (χ1n) is 5.06. The van der Waals surface area contributed by atoms with Gasteiger partial charge in [0.1, 0.15) is 5.82 Å². The molecule has 0 fully saturated rings. The fourth-order valence-corrected chi connectivity index (χ4v) is 1.44. The molecule has 1 aromatic rings. The van der Waals surface area contributed by atoms with Crippen molar-refractivity contribution in [2.45, 2.75) is 25.1 Å². The van der Waals surface area contributed by atoms with E-state index in [0.29, 0.717) is 12.1 Å². The molecule has 1 rings (SSSR count). The number of hydrogen-bond acceptors (Lipinski definition) is 2. The van der Waals surface area contributed by atoms with Crippen LogP contribution in [0.1, 0.15) is 30.0 Å². The molecule has 1 aromatic carbocycles. The Hall–Kier alpha value is -1.63. The van der Waals surface area contributed by atoms with E-state index >= 15 is 0 Å². The standard InChI is InChI=1S/C11H11F4NO2/c12-8-2-1-6(5-7(8)11(13,14)15)9(16)3-4-10(17)18/h1-2,5,9H,3-4,16H2,(H,17,18). The van der Waals surface area contributed by atoms with Gasteiger partial charge in [-0.05, 0) is 24.1 Å². The molecule has 0 aliphatic rings. The van der Waals surface area contributed by atoms with Crippen LogP contribution in [0, 0.1) is 5.82 Å². The van der Waals surface area contributed by atoms with Gasteiger partial charge in [-0.3, -0.25) is 4.79 Å². The van der Waals surface area contributed by atoms with Gasteiger partial charge in [-0.2, -0.15) is 13.2 Å². The Morgan fingerprint density at radius 2 is 2.00 bits per heavy atom. The van der Waals surface area contributed by atoms with E-state index < -0.39 is 29.6 Å². The second-order valence-electron chi connectivity index (χ2n) is 3.78. The number of rotatable bonds is 4. The van der Waals surface area contributed by atoms with Crippen LogP contribution in [0.15, 0.2) is 18.2 Å². The molecule has 0 saturated heterocycles. The zero-order valence-corrected chi connectivity index (χ0v) is 9.17. The molecule has 100 valence electrons. The van der Waals surface area contributed by atoms with Gasteiger partial charge in [0.05, 0.1) is 5.56 Å². The van der Waals surface area contributed by atoms with Gasteiger partial charge >= 0.3 is 12.1 Å². The molecule has 0 saturated carbocycles. The number of carbonyl (C=O) groups is 1. The smallest absolute Gasteiger partial charge is 0.419 e. The van der Waals surface area contributed by atoms with E-state index in [1.54, 1.807) is 0 Å². The van der Waals surface area contributed by atoms with Crippen molar-refractivity contribution >= 4 is 5.97 Å². The molecule has 3 N–H and O–H groups in total. The van der Waals surface area contributed by atoms with Crippen molar-refractivity contribution in [3.8, 4) is 0 Å². The lowest BCUT2D eigenvalue weighted by Gasteiger charge is -2.14. The number of alkyl halides is 3. The largest absolute Gasteiger partial charge is 0.481 e. The van der Waals surface area contributed by atoms with Crippen LogP contribution in [0.2, 0.25) is 0 Å². The summed E-state index contributed by atoms with van der Waals surface area (Å²) in [6.07, 6.45) is -5.08. The summed E-state index contributed by atoms with van der Waals surface area (Å²) in [4.78, 5) is 10.3. The van der Waals surface area contributed by atoms with Crippen molar-refractivity contribution in [2.24, 2.45) is 5.73 Å². The summed E-state index contributed by atoms with van der Waals surface area (Å²) >= 11 is 0. The summed E-state index contributed by atoms with van der Waals surface area (Å²) in [6.45, 7) is 0. The molecule has 0 amide bonds. The number of hydrogen-bond donors (Lipinski definition) is 2. The van der Waals surface area contributed by atoms with Gasteiger partial charge in [0.2, 0.25) is 0 Å². The fourth-order valence-electron chi connectivity index (χ4n) is 1.44. The number of nitrogens with two attached hydrogens (primary N) is 1. The number of aliphatic carboxylic acids is 1. The minimum Gasteiger partial charge on any atom is -0.481 e. The van der Waals surface area contributed by atoms with E-state index in [0.717, 1.165) is 6.07 Å². The summed E-state index contributed by atoms with van der Waals surface area (Å²) < 4.78 is 50.3. The Labute approximate surface area is 100 Å². The van der Waals surface area contributed by atoms with Crippen LogP contribution in [0.3, 0.4) is 0 Å². The molecule has 0 heterocycles. The van der Waals surface area contributed by atoms with Gasteiger partial charge in [0, 0.05) is 12.5 Å². The zero-order valence-electron chi connectivity index (χ0n) is 9.17. The lowest BCUT2D eigenvalue weighted by molar-refractivity contribution is -0.140. The van der Waals surface area contributed by atoms with E-state index in [1.807, 2.05) is 0 Å². The van der Waals surface area contributed by atoms with Gasteiger partial charge in [-0.1, -0.05) is 6.07 Å². The Morgan fingerprint density at radius 1 is 1.39 bits per heavy atom. The summed E-state index contributed by atoms with van der Waals surface area (Å²) in [5, 5.41) is 8.44. The van der Waals surface area contributed by atoms with Gasteiger partial charge in [0.15, 0.2) is 0 Å². The third-order valence-electron chi connectivity index (χ3n) is 2.39. The SMILES string of the molecule is NC(CCC(=O)O)c1ccc(F)c(C(F)(F)F)c1. The van der Waals surface area contributed by atoms with Crippen LogP contribution < -0.4 is 5.73 Å². The quantitative estimate of drug-likeness (QED) is 0.823. The van der Waals surface area contributed by atoms with Crippen LogP contribution in [0.5, 0.6) is 0 Å². The summed E-state index contributed by atoms with van der Waals surface area (Å²) in [5.41, 5.74) is 4.22. The Kier molecular flexibility index (Phi) is 4.28. The monoisotopic (exact) mass is 265 g/mol. The van der Waals surface area contributed by atoms with Gasteiger partial charge < -0.3 is 10.8 Å². The molecule has 0 bridgehead atoms. The molecule has 0 radical (unpaired) electrons. The molecule has 1 atom stereocenters. The van der Waals surface area contributed by atoms with Crippen molar-refractivity contribution < 1.29 is 27.5 Å². The van der Waals surface area contributed by atoms with E-state index in [2.05, 4.69) is 0 Å². The lowest BCUT2D eigenvalue weighted by atomic mass is 10.00. The van der Waals surface area contributed by atoms with Crippen molar-refractivity contribution in [1.82, 2.24) is 0 Å². The average molecular weight is 265 g/mol. The molecule has 1 unspecified atom stereocenters. The maximum atomic E-state index is 13.0. The fraction of sp³-hybridized carbons (Fsp3) is 0.364. The van der Waals surface area contributed by atoms with Gasteiger partial charge in [0.25, 0.3) is 0 Å². The first-order chi connectivity index (χ1) is 8.21. The van der Waals surface area contributed by atoms with Crippen molar-refractivity contribution in [2.75, 3.05) is 0 Å². The normalized spacial score (nSPS) is 13.4. The number of halogens is 4. The lowest BCUT2D eigenvalue weighted by Crippen LogP contribution is -2.15. The van der Waals surface area contributed by atoms with Crippen LogP contribution in [0.25, 0.3) is 0 Å². The average Bonchev–Trinajstić information content (AvgIpc) is 2.24. The van der Waals surface area contributed by atoms with Crippen molar-refractivity contribution in [3.63, 3.8) is 0 Å². The molecule has 18 heavy (non-hydrogen) atoms. The Balaban J connectivity index is 2.94. The predicted molar refractivity (Wildman–Crippen MR) is 55.2 cm³/mol. The first kappa shape index (κ1) is 14.4. The van der Waals surface area contributed by atoms with E-state index in [1.165, 1.54) is 0 Å². The van der Waals surface area contributed by atoms with Crippen LogP contribution >= 0.6 is 0 Å². The van der Waals surface area contributed by atoms with E-state index in [9.17, 15) is 22.4 Å². The topological polar surface area (TPSA) is 63.3 Å². The zero-order chi connectivity index (χ0) is 13.9. The minimum absolute atomic E-state index is 0.0156. The van der Waals surface area contributed by atoms with Crippen molar-refractivity contribution in [1.29, 1.82) is 0 Å². The maximum Gasteiger partial charge on any atom is 0.419 e. The second-order valence-corrected chi connectivity index (χ2v) is 3.78. The number of carboxylic acids is 1. The maximum absolute atomic E-state index is 13.0. The number of carboxylic acid groups (broad SMARTS) is 1. The predicted octanol–water partition coefficient (Wildman–Crippen LogP) is 2.71. The van der Waals surface area contributed by atoms with Gasteiger partial charge in [-0.15, -0.1) is 0 Å². The van der Waals surface area contributed by atoms with E-state index in [-0.39, 0.29) is 18.4 Å². The third-order valence-corrected chi connectivity index (χ3v) is 2.39. The van der Waals surface area contributed by atoms with E-state index in [4.69, 9.17) is 10.8 Å². The molecular formula is C11H11F4NO2. The molecule has 0 aliphatic heterocycles. The first-order valence-corrected chi connectivity index (χ1v) is 5.06. The molecule has 0 aliphatic carbocycles. The summed E-state index contributed by atoms with van der Waals surface area (Å²) in [6, 6.07) is 1.54. The summed E-state index contributed by atoms with van der Waals surface area (Å²) in [7, 11) is 0. The molecule has 3 nitrogen and oxygen atoms in total. The Morgan fingerprint density at radius 3 is 2.50 bits per heavy atom. The third kappa shape index (κ3) is 3.69. The minimum atomic E-state index is -4.80. The second kappa shape index (κ2) is 5.34. The van der Waals surface area contributed by atoms with Crippen LogP contribution in [-0.4, -0.2) is 11.1 Å². The Bertz CT molecular complexity index is 445.